The molecule has 1 aromatic carbocycles. The third-order valence-electron chi connectivity index (χ3n) is 2.83. The Morgan fingerprint density at radius 2 is 1.95 bits per heavy atom. The monoisotopic (exact) mass is 305 g/mol. The number of carbonyl (C=O) groups is 1. The number of carbonyl (C=O) groups excluding carboxylic acids is 1. The molecule has 0 atom stereocenters. The Kier molecular flexibility index (Phi) is 4.24. The van der Waals surface area contributed by atoms with E-state index in [2.05, 4.69) is 20.7 Å². The number of aliphatic hydroxyl groups is 1. The van der Waals surface area contributed by atoms with Gasteiger partial charge in [-0.25, -0.2) is 4.79 Å². The van der Waals surface area contributed by atoms with Gasteiger partial charge in [0, 0.05) is 18.8 Å². The summed E-state index contributed by atoms with van der Waals surface area (Å²) < 4.78 is 39.6. The smallest absolute Gasteiger partial charge is 0.406 e. The van der Waals surface area contributed by atoms with Crippen LogP contribution in [0, 0.1) is 0 Å². The molecule has 0 spiro atoms. The van der Waals surface area contributed by atoms with E-state index in [1.807, 2.05) is 0 Å². The zero-order chi connectivity index (χ0) is 15.5. The van der Waals surface area contributed by atoms with Gasteiger partial charge in [0.25, 0.3) is 0 Å². The predicted molar refractivity (Wildman–Crippen MR) is 68.0 cm³/mol. The first-order chi connectivity index (χ1) is 9.76. The second-order valence-corrected chi connectivity index (χ2v) is 4.71. The summed E-state index contributed by atoms with van der Waals surface area (Å²) in [5, 5.41) is 17.5. The number of rotatable bonds is 4. The van der Waals surface area contributed by atoms with Crippen LogP contribution in [0.5, 0.6) is 5.75 Å². The van der Waals surface area contributed by atoms with Gasteiger partial charge in [-0.05, 0) is 24.3 Å². The molecule has 1 aliphatic heterocycles. The van der Waals surface area contributed by atoms with Gasteiger partial charge < -0.3 is 25.8 Å². The highest BCUT2D eigenvalue weighted by atomic mass is 19.4. The van der Waals surface area contributed by atoms with Crippen molar-refractivity contribution in [2.75, 3.05) is 25.0 Å². The van der Waals surface area contributed by atoms with Crippen molar-refractivity contribution in [2.45, 2.75) is 12.0 Å². The third-order valence-corrected chi connectivity index (χ3v) is 2.83. The van der Waals surface area contributed by atoms with E-state index in [1.165, 1.54) is 12.1 Å². The van der Waals surface area contributed by atoms with Crippen molar-refractivity contribution >= 4 is 11.7 Å². The van der Waals surface area contributed by atoms with Crippen LogP contribution >= 0.6 is 0 Å². The zero-order valence-electron chi connectivity index (χ0n) is 10.8. The molecule has 0 bridgehead atoms. The summed E-state index contributed by atoms with van der Waals surface area (Å²) in [5.41, 5.74) is -0.636. The number of urea groups is 1. The van der Waals surface area contributed by atoms with Crippen molar-refractivity contribution in [1.82, 2.24) is 10.6 Å². The third kappa shape index (κ3) is 4.80. The highest BCUT2D eigenvalue weighted by molar-refractivity contribution is 5.89. The quantitative estimate of drug-likeness (QED) is 0.670. The molecule has 1 aromatic rings. The Morgan fingerprint density at radius 3 is 2.43 bits per heavy atom. The normalized spacial score (nSPS) is 16.8. The minimum absolute atomic E-state index is 0.0844. The fourth-order valence-corrected chi connectivity index (χ4v) is 1.70. The lowest BCUT2D eigenvalue weighted by Crippen LogP contribution is -2.64. The van der Waals surface area contributed by atoms with E-state index >= 15 is 0 Å². The van der Waals surface area contributed by atoms with Gasteiger partial charge >= 0.3 is 12.4 Å². The van der Waals surface area contributed by atoms with Gasteiger partial charge in [0.05, 0.1) is 6.54 Å². The topological polar surface area (TPSA) is 82.6 Å². The first-order valence-electron chi connectivity index (χ1n) is 6.10. The van der Waals surface area contributed by atoms with Crippen LogP contribution in [0.25, 0.3) is 0 Å². The number of anilines is 1. The van der Waals surface area contributed by atoms with Crippen LogP contribution in [-0.2, 0) is 0 Å². The van der Waals surface area contributed by atoms with Crippen molar-refractivity contribution in [3.63, 3.8) is 0 Å². The van der Waals surface area contributed by atoms with E-state index in [0.717, 1.165) is 12.1 Å². The number of halogens is 3. The van der Waals surface area contributed by atoms with E-state index < -0.39 is 18.0 Å². The summed E-state index contributed by atoms with van der Waals surface area (Å²) in [4.78, 5) is 11.5. The average Bonchev–Trinajstić information content (AvgIpc) is 2.35. The molecule has 116 valence electrons. The Hall–Kier alpha value is -2.00. The molecule has 0 aliphatic carbocycles. The molecular formula is C12H14F3N3O3. The molecule has 0 unspecified atom stereocenters. The number of benzene rings is 1. The molecule has 0 saturated carbocycles. The molecular weight excluding hydrogens is 291 g/mol. The van der Waals surface area contributed by atoms with Crippen LogP contribution in [0.15, 0.2) is 24.3 Å². The Labute approximate surface area is 118 Å². The molecule has 2 amide bonds. The van der Waals surface area contributed by atoms with Crippen molar-refractivity contribution in [1.29, 1.82) is 0 Å². The van der Waals surface area contributed by atoms with Gasteiger partial charge in [0.15, 0.2) is 0 Å². The zero-order valence-corrected chi connectivity index (χ0v) is 10.8. The summed E-state index contributed by atoms with van der Waals surface area (Å²) in [6, 6.07) is 4.18. The van der Waals surface area contributed by atoms with Gasteiger partial charge in [-0.1, -0.05) is 0 Å². The van der Waals surface area contributed by atoms with E-state index in [0.29, 0.717) is 18.8 Å². The summed E-state index contributed by atoms with van der Waals surface area (Å²) in [6.07, 6.45) is -4.75. The van der Waals surface area contributed by atoms with Gasteiger partial charge in [-0.15, -0.1) is 13.2 Å². The standard InChI is InChI=1S/C12H14F3N3O3/c13-12(14,15)21-9-3-1-8(2-4-9)18-10(19)17-7-11(20)5-16-6-11/h1-4,16,20H,5-7H2,(H2,17,18,19). The van der Waals surface area contributed by atoms with Crippen LogP contribution in [-0.4, -0.2) is 42.7 Å². The van der Waals surface area contributed by atoms with E-state index in [4.69, 9.17) is 0 Å². The Morgan fingerprint density at radius 1 is 1.33 bits per heavy atom. The highest BCUT2D eigenvalue weighted by Crippen LogP contribution is 2.23. The molecule has 1 saturated heterocycles. The van der Waals surface area contributed by atoms with Crippen molar-refractivity contribution in [3.05, 3.63) is 24.3 Å². The second-order valence-electron chi connectivity index (χ2n) is 4.71. The molecule has 1 fully saturated rings. The molecule has 0 radical (unpaired) electrons. The average molecular weight is 305 g/mol. The maximum atomic E-state index is 12.0. The fourth-order valence-electron chi connectivity index (χ4n) is 1.70. The van der Waals surface area contributed by atoms with Crippen LogP contribution in [0.4, 0.5) is 23.7 Å². The fraction of sp³-hybridized carbons (Fsp3) is 0.417. The SMILES string of the molecule is O=C(NCC1(O)CNC1)Nc1ccc(OC(F)(F)F)cc1. The lowest BCUT2D eigenvalue weighted by molar-refractivity contribution is -0.274. The van der Waals surface area contributed by atoms with Crippen LogP contribution in [0.2, 0.25) is 0 Å². The summed E-state index contributed by atoms with van der Waals surface area (Å²) >= 11 is 0. The van der Waals surface area contributed by atoms with Gasteiger partial charge in [0.1, 0.15) is 11.4 Å². The minimum atomic E-state index is -4.75. The number of hydrogen-bond donors (Lipinski definition) is 4. The predicted octanol–water partition coefficient (Wildman–Crippen LogP) is 1.04. The lowest BCUT2D eigenvalue weighted by atomic mass is 9.98. The Balaban J connectivity index is 1.81. The van der Waals surface area contributed by atoms with Gasteiger partial charge in [-0.2, -0.15) is 0 Å². The van der Waals surface area contributed by atoms with Gasteiger partial charge in [-0.3, -0.25) is 0 Å². The van der Waals surface area contributed by atoms with E-state index in [1.54, 1.807) is 0 Å². The summed E-state index contributed by atoms with van der Waals surface area (Å²) in [7, 11) is 0. The lowest BCUT2D eigenvalue weighted by Gasteiger charge is -2.37. The van der Waals surface area contributed by atoms with Crippen LogP contribution in [0.1, 0.15) is 0 Å². The summed E-state index contributed by atoms with van der Waals surface area (Å²) in [6.45, 7) is 0.884. The number of β-amino-alcohol motifs (C(OH)–C–C–N with tert-alkyl or cyclic N) is 1. The number of amides is 2. The maximum absolute atomic E-state index is 12.0. The summed E-state index contributed by atoms with van der Waals surface area (Å²) in [5.74, 6) is -0.372. The largest absolute Gasteiger partial charge is 0.573 e. The van der Waals surface area contributed by atoms with E-state index in [-0.39, 0.29) is 12.3 Å². The molecule has 2 rings (SSSR count). The molecule has 21 heavy (non-hydrogen) atoms. The number of nitrogens with one attached hydrogen (secondary N) is 3. The molecule has 6 nitrogen and oxygen atoms in total. The minimum Gasteiger partial charge on any atom is -0.406 e. The maximum Gasteiger partial charge on any atom is 0.573 e. The van der Waals surface area contributed by atoms with Crippen molar-refractivity contribution in [2.24, 2.45) is 0 Å². The number of alkyl halides is 3. The van der Waals surface area contributed by atoms with Crippen LogP contribution in [0.3, 0.4) is 0 Å². The molecule has 1 aliphatic rings. The van der Waals surface area contributed by atoms with Crippen molar-refractivity contribution < 1.29 is 27.8 Å². The molecule has 0 aromatic heterocycles. The van der Waals surface area contributed by atoms with Gasteiger partial charge in [0.2, 0.25) is 0 Å². The second kappa shape index (κ2) is 5.78. The van der Waals surface area contributed by atoms with Crippen LogP contribution < -0.4 is 20.7 Å². The number of hydrogen-bond acceptors (Lipinski definition) is 4. The van der Waals surface area contributed by atoms with E-state index in [9.17, 15) is 23.1 Å². The first-order valence-corrected chi connectivity index (χ1v) is 6.10. The first kappa shape index (κ1) is 15.4. The highest BCUT2D eigenvalue weighted by Gasteiger charge is 2.34. The number of ether oxygens (including phenoxy) is 1. The molecule has 1 heterocycles. The molecule has 4 N–H and O–H groups in total. The Bertz CT molecular complexity index is 501. The van der Waals surface area contributed by atoms with Crippen molar-refractivity contribution in [3.8, 4) is 5.75 Å². The molecule has 9 heteroatoms.